The topological polar surface area (TPSA) is 59.8 Å². The van der Waals surface area contributed by atoms with Gasteiger partial charge in [-0.3, -0.25) is 4.98 Å². The average Bonchev–Trinajstić information content (AvgIpc) is 3.51. The third-order valence-corrected chi connectivity index (χ3v) is 6.75. The van der Waals surface area contributed by atoms with Crippen LogP contribution >= 0.6 is 35.4 Å². The Labute approximate surface area is 224 Å². The lowest BCUT2D eigenvalue weighted by Crippen LogP contribution is -2.29. The monoisotopic (exact) mass is 539 g/mol. The first-order chi connectivity index (χ1) is 17.5. The molecule has 2 aromatic carbocycles. The van der Waals surface area contributed by atoms with Crippen LogP contribution in [-0.2, 0) is 4.74 Å². The van der Waals surface area contributed by atoms with E-state index in [2.05, 4.69) is 10.3 Å². The first-order valence-corrected chi connectivity index (χ1v) is 12.5. The van der Waals surface area contributed by atoms with Crippen LogP contribution in [0.4, 0.5) is 5.69 Å². The van der Waals surface area contributed by atoms with Gasteiger partial charge in [0.2, 0.25) is 0 Å². The van der Waals surface area contributed by atoms with Gasteiger partial charge in [0.15, 0.2) is 5.11 Å². The normalized spacial score (nSPS) is 17.3. The Balaban J connectivity index is 1.52. The summed E-state index contributed by atoms with van der Waals surface area (Å²) < 4.78 is 17.2. The van der Waals surface area contributed by atoms with Gasteiger partial charge in [0.25, 0.3) is 0 Å². The smallest absolute Gasteiger partial charge is 0.174 e. The van der Waals surface area contributed by atoms with Crippen LogP contribution in [-0.4, -0.2) is 30.4 Å². The van der Waals surface area contributed by atoms with Gasteiger partial charge in [0, 0.05) is 29.6 Å². The summed E-state index contributed by atoms with van der Waals surface area (Å²) in [4.78, 5) is 6.59. The minimum atomic E-state index is -0.301. The van der Waals surface area contributed by atoms with E-state index < -0.39 is 0 Å². The van der Waals surface area contributed by atoms with E-state index in [1.54, 1.807) is 13.3 Å². The number of aromatic nitrogens is 1. The van der Waals surface area contributed by atoms with Crippen LogP contribution in [0.25, 0.3) is 11.3 Å². The summed E-state index contributed by atoms with van der Waals surface area (Å²) in [5.74, 6) is 2.05. The highest BCUT2D eigenvalue weighted by Crippen LogP contribution is 2.44. The molecule has 184 valence electrons. The highest BCUT2D eigenvalue weighted by molar-refractivity contribution is 7.80. The lowest BCUT2D eigenvalue weighted by atomic mass is 10.0. The molecule has 3 heterocycles. The third kappa shape index (κ3) is 5.06. The molecule has 2 aromatic heterocycles. The van der Waals surface area contributed by atoms with Gasteiger partial charge < -0.3 is 24.1 Å². The predicted molar refractivity (Wildman–Crippen MR) is 146 cm³/mol. The minimum Gasteiger partial charge on any atom is -0.490 e. The number of anilines is 1. The number of thiocarbonyl (C=S) groups is 1. The molecule has 0 radical (unpaired) electrons. The van der Waals surface area contributed by atoms with Gasteiger partial charge in [-0.05, 0) is 78.9 Å². The molecule has 0 spiro atoms. The highest BCUT2D eigenvalue weighted by atomic mass is 35.5. The van der Waals surface area contributed by atoms with Crippen LogP contribution in [0.3, 0.4) is 0 Å². The Morgan fingerprint density at radius 1 is 1.03 bits per heavy atom. The molecule has 36 heavy (non-hydrogen) atoms. The van der Waals surface area contributed by atoms with E-state index in [0.29, 0.717) is 34.1 Å². The number of nitrogens with zero attached hydrogens (tertiary/aromatic N) is 2. The fraction of sp³-hybridized carbons (Fsp3) is 0.185. The summed E-state index contributed by atoms with van der Waals surface area (Å²) in [7, 11) is 1.63. The number of methoxy groups -OCH3 is 1. The first-order valence-electron chi connectivity index (χ1n) is 11.3. The van der Waals surface area contributed by atoms with Crippen molar-refractivity contribution < 1.29 is 13.9 Å². The number of benzene rings is 2. The molecule has 1 aliphatic rings. The van der Waals surface area contributed by atoms with Gasteiger partial charge in [-0.25, -0.2) is 0 Å². The standard InChI is InChI=1S/C27H23Cl2N3O3S/c1-33-14-15-34-23-10-9-19(16-20(23)29)32-26(25(31-27(32)36)21-4-2-3-13-30-21)24-12-11-22(35-24)17-5-7-18(28)8-6-17/h2-13,16,25-26H,14-15H2,1H3,(H,31,36)/t25-,26-/m1/s1. The predicted octanol–water partition coefficient (Wildman–Crippen LogP) is 6.85. The van der Waals surface area contributed by atoms with E-state index in [4.69, 9.17) is 49.3 Å². The number of rotatable bonds is 8. The molecule has 1 aliphatic heterocycles. The number of hydrogen-bond donors (Lipinski definition) is 1. The number of ether oxygens (including phenoxy) is 2. The molecule has 0 aliphatic carbocycles. The highest BCUT2D eigenvalue weighted by Gasteiger charge is 2.42. The van der Waals surface area contributed by atoms with Crippen LogP contribution in [0.5, 0.6) is 5.75 Å². The Morgan fingerprint density at radius 2 is 1.86 bits per heavy atom. The third-order valence-electron chi connectivity index (χ3n) is 5.88. The molecule has 1 saturated heterocycles. The maximum Gasteiger partial charge on any atom is 0.174 e. The Bertz CT molecular complexity index is 1350. The van der Waals surface area contributed by atoms with Gasteiger partial charge in [-0.2, -0.15) is 0 Å². The zero-order valence-corrected chi connectivity index (χ0v) is 21.7. The second kappa shape index (κ2) is 10.9. The van der Waals surface area contributed by atoms with Crippen molar-refractivity contribution in [2.75, 3.05) is 25.2 Å². The van der Waals surface area contributed by atoms with Gasteiger partial charge in [0.1, 0.15) is 29.9 Å². The molecule has 0 saturated carbocycles. The van der Waals surface area contributed by atoms with Crippen molar-refractivity contribution in [3.05, 3.63) is 100 Å². The second-order valence-electron chi connectivity index (χ2n) is 8.16. The van der Waals surface area contributed by atoms with Crippen LogP contribution in [0.1, 0.15) is 23.5 Å². The molecule has 4 aromatic rings. The molecule has 0 unspecified atom stereocenters. The molecule has 1 fully saturated rings. The summed E-state index contributed by atoms with van der Waals surface area (Å²) in [6.45, 7) is 0.879. The van der Waals surface area contributed by atoms with Crippen molar-refractivity contribution >= 4 is 46.2 Å². The summed E-state index contributed by atoms with van der Waals surface area (Å²) in [5.41, 5.74) is 2.59. The summed E-state index contributed by atoms with van der Waals surface area (Å²) in [5, 5.41) is 5.12. The molecule has 0 amide bonds. The fourth-order valence-electron chi connectivity index (χ4n) is 4.19. The average molecular weight is 540 g/mol. The molecular formula is C27H23Cl2N3O3S. The summed E-state index contributed by atoms with van der Waals surface area (Å²) in [6.07, 6.45) is 1.77. The number of hydrogen-bond acceptors (Lipinski definition) is 5. The molecule has 0 bridgehead atoms. The lowest BCUT2D eigenvalue weighted by Gasteiger charge is -2.26. The van der Waals surface area contributed by atoms with Crippen molar-refractivity contribution in [2.24, 2.45) is 0 Å². The molecule has 6 nitrogen and oxygen atoms in total. The van der Waals surface area contributed by atoms with Crippen molar-refractivity contribution in [1.82, 2.24) is 10.3 Å². The quantitative estimate of drug-likeness (QED) is 0.194. The van der Waals surface area contributed by atoms with E-state index in [0.717, 1.165) is 28.5 Å². The van der Waals surface area contributed by atoms with Crippen molar-refractivity contribution in [3.8, 4) is 17.1 Å². The Morgan fingerprint density at radius 3 is 2.58 bits per heavy atom. The SMILES string of the molecule is COCCOc1ccc(N2C(=S)N[C@H](c3ccccn3)[C@H]2c2ccc(-c3ccc(Cl)cc3)o2)cc1Cl. The zero-order chi connectivity index (χ0) is 25.1. The van der Waals surface area contributed by atoms with Gasteiger partial charge in [-0.1, -0.05) is 29.3 Å². The number of furan rings is 1. The lowest BCUT2D eigenvalue weighted by molar-refractivity contribution is 0.146. The Kier molecular flexibility index (Phi) is 7.43. The number of nitrogens with one attached hydrogen (secondary N) is 1. The summed E-state index contributed by atoms with van der Waals surface area (Å²) >= 11 is 18.4. The summed E-state index contributed by atoms with van der Waals surface area (Å²) in [6, 6.07) is 22.3. The van der Waals surface area contributed by atoms with Crippen molar-refractivity contribution in [3.63, 3.8) is 0 Å². The van der Waals surface area contributed by atoms with Gasteiger partial charge in [0.05, 0.1) is 23.4 Å². The van der Waals surface area contributed by atoms with Crippen molar-refractivity contribution in [2.45, 2.75) is 12.1 Å². The maximum absolute atomic E-state index is 6.58. The van der Waals surface area contributed by atoms with E-state index >= 15 is 0 Å². The Hall–Kier alpha value is -3.10. The second-order valence-corrected chi connectivity index (χ2v) is 9.39. The van der Waals surface area contributed by atoms with Crippen LogP contribution in [0.15, 0.2) is 83.4 Å². The van der Waals surface area contributed by atoms with E-state index in [1.807, 2.05) is 77.7 Å². The van der Waals surface area contributed by atoms with Crippen LogP contribution in [0, 0.1) is 0 Å². The largest absolute Gasteiger partial charge is 0.490 e. The van der Waals surface area contributed by atoms with Crippen molar-refractivity contribution in [1.29, 1.82) is 0 Å². The maximum atomic E-state index is 6.58. The van der Waals surface area contributed by atoms with Crippen LogP contribution in [0.2, 0.25) is 10.0 Å². The zero-order valence-electron chi connectivity index (χ0n) is 19.4. The molecule has 1 N–H and O–H groups in total. The molecule has 9 heteroatoms. The molecular weight excluding hydrogens is 517 g/mol. The van der Waals surface area contributed by atoms with Crippen LogP contribution < -0.4 is 15.0 Å². The minimum absolute atomic E-state index is 0.237. The number of pyridine rings is 1. The van der Waals surface area contributed by atoms with Gasteiger partial charge >= 0.3 is 0 Å². The van der Waals surface area contributed by atoms with E-state index in [9.17, 15) is 0 Å². The molecule has 5 rings (SSSR count). The number of halogens is 2. The van der Waals surface area contributed by atoms with E-state index in [1.165, 1.54) is 0 Å². The molecule has 2 atom stereocenters. The first kappa shape index (κ1) is 24.6. The van der Waals surface area contributed by atoms with E-state index in [-0.39, 0.29) is 12.1 Å². The van der Waals surface area contributed by atoms with Gasteiger partial charge in [-0.15, -0.1) is 0 Å². The fourth-order valence-corrected chi connectivity index (χ4v) is 4.90.